The number of halogens is 1. The van der Waals surface area contributed by atoms with Crippen molar-refractivity contribution in [3.8, 4) is 0 Å². The Hall–Kier alpha value is -0.580. The van der Waals surface area contributed by atoms with E-state index in [1.54, 1.807) is 13.8 Å². The van der Waals surface area contributed by atoms with Gasteiger partial charge in [0, 0.05) is 24.9 Å². The largest absolute Gasteiger partial charge is 0.335 e. The molecule has 1 aliphatic rings. The molecular weight excluding hydrogens is 344 g/mol. The average molecular weight is 363 g/mol. The van der Waals surface area contributed by atoms with Gasteiger partial charge >= 0.3 is 6.03 Å². The third-order valence-corrected chi connectivity index (χ3v) is 6.20. The Labute approximate surface area is 129 Å². The van der Waals surface area contributed by atoms with E-state index < -0.39 is 37.3 Å². The van der Waals surface area contributed by atoms with Crippen LogP contribution in [0.4, 0.5) is 4.79 Å². The predicted octanol–water partition coefficient (Wildman–Crippen LogP) is 0.349. The van der Waals surface area contributed by atoms with Crippen LogP contribution < -0.4 is 0 Å². The van der Waals surface area contributed by atoms with Crippen LogP contribution in [0.1, 0.15) is 20.3 Å². The van der Waals surface area contributed by atoms with Crippen LogP contribution in [-0.2, 0) is 20.0 Å². The second-order valence-electron chi connectivity index (χ2n) is 5.59. The molecule has 2 amide bonds. The Balaban J connectivity index is 2.49. The maximum atomic E-state index is 11.8. The van der Waals surface area contributed by atoms with Gasteiger partial charge in [-0.15, -0.1) is 0 Å². The number of amides is 2. The fraction of sp³-hybridized carbons (Fsp3) is 0.900. The Bertz CT molecular complexity index is 601. The highest BCUT2D eigenvalue weighted by Crippen LogP contribution is 2.27. The molecule has 0 saturated carbocycles. The van der Waals surface area contributed by atoms with Crippen molar-refractivity contribution in [1.82, 2.24) is 9.32 Å². The Morgan fingerprint density at radius 1 is 1.19 bits per heavy atom. The van der Waals surface area contributed by atoms with Gasteiger partial charge < -0.3 is 4.90 Å². The molecule has 124 valence electrons. The summed E-state index contributed by atoms with van der Waals surface area (Å²) in [5.41, 5.74) is -0.576. The zero-order valence-electron chi connectivity index (χ0n) is 11.8. The van der Waals surface area contributed by atoms with Gasteiger partial charge in [-0.25, -0.2) is 17.6 Å². The maximum Gasteiger partial charge on any atom is 0.335 e. The van der Waals surface area contributed by atoms with Crippen LogP contribution in [0.5, 0.6) is 0 Å². The van der Waals surface area contributed by atoms with Crippen LogP contribution in [-0.4, -0.2) is 72.6 Å². The summed E-state index contributed by atoms with van der Waals surface area (Å²) in [7, 11) is -7.66. The topological polar surface area (TPSA) is 112 Å². The fourth-order valence-electron chi connectivity index (χ4n) is 1.97. The zero-order valence-corrected chi connectivity index (χ0v) is 14.2. The highest BCUT2D eigenvalue weighted by Gasteiger charge is 2.42. The fourth-order valence-corrected chi connectivity index (χ4v) is 4.11. The van der Waals surface area contributed by atoms with Crippen LogP contribution in [0.15, 0.2) is 0 Å². The predicted molar refractivity (Wildman–Crippen MR) is 78.4 cm³/mol. The van der Waals surface area contributed by atoms with Gasteiger partial charge in [-0.2, -0.15) is 8.42 Å². The number of carbonyl (C=O) groups excluding carboxylic acids is 1. The number of hydrogen-bond donors (Lipinski definition) is 1. The molecule has 0 unspecified atom stereocenters. The van der Waals surface area contributed by atoms with Crippen molar-refractivity contribution in [2.24, 2.45) is 0 Å². The number of carbonyl (C=O) groups is 1. The first-order chi connectivity index (χ1) is 9.34. The number of nitrogens with zero attached hydrogens (tertiary/aromatic N) is 2. The molecule has 0 atom stereocenters. The van der Waals surface area contributed by atoms with Crippen LogP contribution in [0.3, 0.4) is 0 Å². The van der Waals surface area contributed by atoms with Crippen molar-refractivity contribution in [2.45, 2.75) is 25.8 Å². The van der Waals surface area contributed by atoms with Gasteiger partial charge in [0.05, 0.1) is 22.8 Å². The quantitative estimate of drug-likeness (QED) is 0.516. The lowest BCUT2D eigenvalue weighted by Crippen LogP contribution is -2.34. The van der Waals surface area contributed by atoms with E-state index in [2.05, 4.69) is 0 Å². The lowest BCUT2D eigenvalue weighted by atomic mass is 10.1. The van der Waals surface area contributed by atoms with E-state index in [4.69, 9.17) is 16.3 Å². The summed E-state index contributed by atoms with van der Waals surface area (Å²) in [6.45, 7) is 3.84. The molecule has 1 N–H and O–H groups in total. The highest BCUT2D eigenvalue weighted by atomic mass is 35.5. The molecule has 1 heterocycles. The molecule has 0 aromatic rings. The molecule has 0 aromatic heterocycles. The van der Waals surface area contributed by atoms with E-state index in [-0.39, 0.29) is 24.5 Å². The second kappa shape index (κ2) is 6.27. The van der Waals surface area contributed by atoms with E-state index in [1.807, 2.05) is 0 Å². The van der Waals surface area contributed by atoms with E-state index in [9.17, 15) is 21.6 Å². The van der Waals surface area contributed by atoms with Crippen LogP contribution in [0.2, 0.25) is 0 Å². The van der Waals surface area contributed by atoms with E-state index in [1.165, 1.54) is 4.90 Å². The van der Waals surface area contributed by atoms with Crippen LogP contribution >= 0.6 is 11.8 Å². The molecular formula is C10H19ClN2O6S2. The van der Waals surface area contributed by atoms with Crippen molar-refractivity contribution < 1.29 is 26.2 Å². The zero-order chi connectivity index (χ0) is 16.5. The van der Waals surface area contributed by atoms with Crippen molar-refractivity contribution in [3.05, 3.63) is 0 Å². The molecule has 0 spiro atoms. The monoisotopic (exact) mass is 362 g/mol. The molecule has 1 fully saturated rings. The summed E-state index contributed by atoms with van der Waals surface area (Å²) in [5, 5.41) is 0. The van der Waals surface area contributed by atoms with Gasteiger partial charge in [0.25, 0.3) is 10.1 Å². The van der Waals surface area contributed by atoms with Gasteiger partial charge in [0.1, 0.15) is 0 Å². The van der Waals surface area contributed by atoms with Gasteiger partial charge in [0.2, 0.25) is 0 Å². The minimum Gasteiger partial charge on any atom is -0.320 e. The Kier molecular flexibility index (Phi) is 5.51. The first-order valence-electron chi connectivity index (χ1n) is 6.25. The van der Waals surface area contributed by atoms with Gasteiger partial charge in [0.15, 0.2) is 9.84 Å². The highest BCUT2D eigenvalue weighted by molar-refractivity contribution is 7.91. The molecule has 0 radical (unpaired) electrons. The molecule has 0 aliphatic carbocycles. The maximum absolute atomic E-state index is 11.8. The molecule has 21 heavy (non-hydrogen) atoms. The van der Waals surface area contributed by atoms with Crippen molar-refractivity contribution >= 4 is 37.8 Å². The summed E-state index contributed by atoms with van der Waals surface area (Å²) >= 11 is 5.83. The molecule has 0 aromatic carbocycles. The molecule has 1 rings (SSSR count). The van der Waals surface area contributed by atoms with Gasteiger partial charge in [-0.05, 0) is 20.3 Å². The summed E-state index contributed by atoms with van der Waals surface area (Å²) in [5.74, 6) is -1.23. The Morgan fingerprint density at radius 3 is 2.19 bits per heavy atom. The van der Waals surface area contributed by atoms with Crippen molar-refractivity contribution in [2.75, 3.05) is 30.3 Å². The van der Waals surface area contributed by atoms with Crippen LogP contribution in [0, 0.1) is 0 Å². The van der Waals surface area contributed by atoms with Crippen molar-refractivity contribution in [1.29, 1.82) is 0 Å². The summed E-state index contributed by atoms with van der Waals surface area (Å²) in [4.78, 5) is 13.1. The average Bonchev–Trinajstić information content (AvgIpc) is 2.48. The summed E-state index contributed by atoms with van der Waals surface area (Å²) < 4.78 is 54.2. The normalized spacial score (nSPS) is 19.3. The summed E-state index contributed by atoms with van der Waals surface area (Å²) in [6.07, 6.45) is -0.178. The number of urea groups is 1. The Morgan fingerprint density at radius 2 is 1.76 bits per heavy atom. The molecule has 0 bridgehead atoms. The molecule has 11 heteroatoms. The summed E-state index contributed by atoms with van der Waals surface area (Å²) in [6, 6.07) is -0.449. The third-order valence-electron chi connectivity index (χ3n) is 3.08. The number of rotatable bonds is 7. The molecule has 8 nitrogen and oxygen atoms in total. The van der Waals surface area contributed by atoms with E-state index in [0.29, 0.717) is 6.54 Å². The van der Waals surface area contributed by atoms with Gasteiger partial charge in [-0.1, -0.05) is 0 Å². The minimum atomic E-state index is -4.16. The number of hydrogen-bond acceptors (Lipinski definition) is 5. The van der Waals surface area contributed by atoms with Crippen molar-refractivity contribution in [3.63, 3.8) is 0 Å². The second-order valence-corrected chi connectivity index (χ2v) is 9.80. The first-order valence-corrected chi connectivity index (χ1v) is 10.0. The van der Waals surface area contributed by atoms with E-state index in [0.717, 1.165) is 4.42 Å². The van der Waals surface area contributed by atoms with Gasteiger partial charge in [-0.3, -0.25) is 4.55 Å². The third kappa shape index (κ3) is 5.61. The SMILES string of the molecule is CC1(C)CN(CCS(=O)(=O)CCCS(=O)(=O)O)C(=O)N1Cl. The molecule has 1 aliphatic heterocycles. The minimum absolute atomic E-state index is 0.000306. The standard InChI is InChI=1S/C10H19ClN2O6S2/c1-10(2)8-12(9(14)13(10)11)4-7-20(15,16)5-3-6-21(17,18)19/h3-8H2,1-2H3,(H,17,18,19). The lowest BCUT2D eigenvalue weighted by molar-refractivity contribution is 0.207. The van der Waals surface area contributed by atoms with E-state index >= 15 is 0 Å². The first kappa shape index (κ1) is 18.5. The van der Waals surface area contributed by atoms with Crippen LogP contribution in [0.25, 0.3) is 0 Å². The lowest BCUT2D eigenvalue weighted by Gasteiger charge is -2.21. The molecule has 1 saturated heterocycles. The smallest absolute Gasteiger partial charge is 0.320 e. The number of sulfone groups is 1.